The van der Waals surface area contributed by atoms with Crippen molar-refractivity contribution in [3.8, 4) is 5.82 Å². The summed E-state index contributed by atoms with van der Waals surface area (Å²) < 4.78 is 46.1. The Bertz CT molecular complexity index is 1410. The highest BCUT2D eigenvalue weighted by Gasteiger charge is 2.33. The summed E-state index contributed by atoms with van der Waals surface area (Å²) in [6, 6.07) is 3.75. The molecule has 5 rings (SSSR count). The van der Waals surface area contributed by atoms with Gasteiger partial charge in [0.15, 0.2) is 5.82 Å². The maximum absolute atomic E-state index is 13.1. The lowest BCUT2D eigenvalue weighted by atomic mass is 9.90. The number of allylic oxidation sites excluding steroid dienone is 1. The molecule has 11 heteroatoms. The van der Waals surface area contributed by atoms with Gasteiger partial charge in [-0.15, -0.1) is 0 Å². The molecule has 1 saturated heterocycles. The number of aromatic nitrogens is 4. The van der Waals surface area contributed by atoms with E-state index in [-0.39, 0.29) is 17.3 Å². The molecule has 3 aromatic heterocycles. The number of alkyl halides is 3. The molecule has 39 heavy (non-hydrogen) atoms. The van der Waals surface area contributed by atoms with Gasteiger partial charge in [0.2, 0.25) is 0 Å². The Hall–Kier alpha value is -3.57. The van der Waals surface area contributed by atoms with Crippen LogP contribution in [-0.4, -0.2) is 62.9 Å². The average Bonchev–Trinajstić information content (AvgIpc) is 3.30. The van der Waals surface area contributed by atoms with Crippen molar-refractivity contribution in [1.82, 2.24) is 24.6 Å². The van der Waals surface area contributed by atoms with Crippen LogP contribution in [0.15, 0.2) is 36.8 Å². The Kier molecular flexibility index (Phi) is 7.55. The van der Waals surface area contributed by atoms with Gasteiger partial charge in [0, 0.05) is 25.3 Å². The molecule has 8 nitrogen and oxygen atoms in total. The fourth-order valence-corrected chi connectivity index (χ4v) is 5.30. The summed E-state index contributed by atoms with van der Waals surface area (Å²) in [6.07, 6.45) is 4.64. The van der Waals surface area contributed by atoms with E-state index in [1.165, 1.54) is 29.4 Å². The molecule has 1 amide bonds. The predicted octanol–water partition coefficient (Wildman–Crippen LogP) is 5.13. The number of pyridine rings is 2. The van der Waals surface area contributed by atoms with Crippen molar-refractivity contribution in [3.63, 3.8) is 0 Å². The number of halogens is 3. The summed E-state index contributed by atoms with van der Waals surface area (Å²) in [6.45, 7) is 8.58. The van der Waals surface area contributed by atoms with Crippen LogP contribution in [-0.2, 0) is 10.9 Å². The van der Waals surface area contributed by atoms with Crippen molar-refractivity contribution in [1.29, 1.82) is 0 Å². The molecule has 1 aliphatic heterocycles. The van der Waals surface area contributed by atoms with Crippen LogP contribution in [0.25, 0.3) is 11.4 Å². The van der Waals surface area contributed by atoms with Crippen molar-refractivity contribution < 1.29 is 22.7 Å². The Morgan fingerprint density at radius 2 is 1.82 bits per heavy atom. The first-order valence-electron chi connectivity index (χ1n) is 13.0. The maximum atomic E-state index is 13.1. The number of morpholine rings is 1. The molecule has 0 aromatic carbocycles. The third kappa shape index (κ3) is 5.74. The van der Waals surface area contributed by atoms with E-state index in [4.69, 9.17) is 4.74 Å². The summed E-state index contributed by atoms with van der Waals surface area (Å²) in [7, 11) is 0. The van der Waals surface area contributed by atoms with Crippen LogP contribution in [0.2, 0.25) is 0 Å². The Morgan fingerprint density at radius 3 is 2.46 bits per heavy atom. The second-order valence-electron chi connectivity index (χ2n) is 10.1. The van der Waals surface area contributed by atoms with Crippen LogP contribution >= 0.6 is 0 Å². The van der Waals surface area contributed by atoms with Crippen molar-refractivity contribution in [2.45, 2.75) is 52.3 Å². The molecule has 1 unspecified atom stereocenters. The average molecular weight is 541 g/mol. The van der Waals surface area contributed by atoms with E-state index in [1.807, 2.05) is 13.0 Å². The standard InChI is InChI=1S/C28H31F3N6O2/c1-17-13-25(32-16-24(17)28(29,30)31)37-19(3)23(15-34-37)27(38)35-21-12-18(2)26(33-14-21)20-4-6-22(7-5-20)36-8-10-39-11-9-36/h4,12-16,22H,5-11H2,1-3H3,(H,35,38). The molecular weight excluding hydrogens is 509 g/mol. The van der Waals surface area contributed by atoms with Gasteiger partial charge in [0.1, 0.15) is 0 Å². The molecule has 4 heterocycles. The molecule has 0 spiro atoms. The highest BCUT2D eigenvalue weighted by molar-refractivity contribution is 6.05. The predicted molar refractivity (Wildman–Crippen MR) is 141 cm³/mol. The first-order chi connectivity index (χ1) is 18.6. The molecular formula is C28H31F3N6O2. The number of anilines is 1. The lowest BCUT2D eigenvalue weighted by Crippen LogP contribution is -2.43. The first-order valence-corrected chi connectivity index (χ1v) is 13.0. The molecule has 1 atom stereocenters. The zero-order valence-electron chi connectivity index (χ0n) is 22.2. The largest absolute Gasteiger partial charge is 0.418 e. The summed E-state index contributed by atoms with van der Waals surface area (Å²) in [4.78, 5) is 24.1. The summed E-state index contributed by atoms with van der Waals surface area (Å²) in [5, 5.41) is 7.06. The van der Waals surface area contributed by atoms with Crippen LogP contribution in [0, 0.1) is 20.8 Å². The maximum Gasteiger partial charge on any atom is 0.418 e. The van der Waals surface area contributed by atoms with Crippen molar-refractivity contribution in [2.75, 3.05) is 31.6 Å². The zero-order valence-corrected chi connectivity index (χ0v) is 22.2. The van der Waals surface area contributed by atoms with Crippen molar-refractivity contribution >= 4 is 17.2 Å². The number of ether oxygens (including phenoxy) is 1. The smallest absolute Gasteiger partial charge is 0.379 e. The van der Waals surface area contributed by atoms with Gasteiger partial charge in [0.25, 0.3) is 5.91 Å². The minimum atomic E-state index is -4.49. The van der Waals surface area contributed by atoms with Gasteiger partial charge in [-0.05, 0) is 68.9 Å². The van der Waals surface area contributed by atoms with Crippen LogP contribution in [0.3, 0.4) is 0 Å². The molecule has 1 fully saturated rings. The third-order valence-electron chi connectivity index (χ3n) is 7.46. The molecule has 2 aliphatic rings. The number of nitrogens with zero attached hydrogens (tertiary/aromatic N) is 5. The summed E-state index contributed by atoms with van der Waals surface area (Å²) in [5.74, 6) is -0.183. The van der Waals surface area contributed by atoms with Crippen LogP contribution in [0.4, 0.5) is 18.9 Å². The number of carbonyl (C=O) groups is 1. The first kappa shape index (κ1) is 27.0. The number of hydrogen-bond donors (Lipinski definition) is 1. The third-order valence-corrected chi connectivity index (χ3v) is 7.46. The highest BCUT2D eigenvalue weighted by atomic mass is 19.4. The van der Waals surface area contributed by atoms with Gasteiger partial charge in [-0.2, -0.15) is 18.3 Å². The number of hydrogen-bond acceptors (Lipinski definition) is 6. The Labute approximate surface area is 224 Å². The van der Waals surface area contributed by atoms with E-state index in [0.717, 1.165) is 63.0 Å². The zero-order chi connectivity index (χ0) is 27.7. The van der Waals surface area contributed by atoms with E-state index >= 15 is 0 Å². The van der Waals surface area contributed by atoms with E-state index in [2.05, 4.69) is 31.4 Å². The van der Waals surface area contributed by atoms with Gasteiger partial charge >= 0.3 is 6.18 Å². The Morgan fingerprint density at radius 1 is 1.05 bits per heavy atom. The van der Waals surface area contributed by atoms with Gasteiger partial charge in [-0.1, -0.05) is 6.08 Å². The summed E-state index contributed by atoms with van der Waals surface area (Å²) in [5.41, 5.74) is 3.68. The topological polar surface area (TPSA) is 85.2 Å². The molecule has 1 N–H and O–H groups in total. The molecule has 206 valence electrons. The van der Waals surface area contributed by atoms with Gasteiger partial charge in [-0.25, -0.2) is 9.67 Å². The van der Waals surface area contributed by atoms with E-state index in [0.29, 0.717) is 23.0 Å². The number of carbonyl (C=O) groups excluding carboxylic acids is 1. The molecule has 1 aliphatic carbocycles. The van der Waals surface area contributed by atoms with E-state index in [1.54, 1.807) is 13.1 Å². The van der Waals surface area contributed by atoms with Crippen LogP contribution in [0.1, 0.15) is 57.7 Å². The SMILES string of the molecule is Cc1cc(-n2ncc(C(=O)Nc3cnc(C4=CCC(N5CCOCC5)CC4)c(C)c3)c2C)ncc1C(F)(F)F. The lowest BCUT2D eigenvalue weighted by Gasteiger charge is -2.36. The molecule has 3 aromatic rings. The normalized spacial score (nSPS) is 18.6. The number of nitrogens with one attached hydrogen (secondary N) is 1. The fraction of sp³-hybridized carbons (Fsp3) is 0.429. The highest BCUT2D eigenvalue weighted by Crippen LogP contribution is 2.33. The monoisotopic (exact) mass is 540 g/mol. The fourth-order valence-electron chi connectivity index (χ4n) is 5.30. The Balaban J connectivity index is 1.27. The molecule has 0 saturated carbocycles. The number of rotatable bonds is 5. The quantitative estimate of drug-likeness (QED) is 0.483. The second kappa shape index (κ2) is 10.9. The number of amides is 1. The van der Waals surface area contributed by atoms with E-state index < -0.39 is 11.7 Å². The summed E-state index contributed by atoms with van der Waals surface area (Å²) >= 11 is 0. The minimum Gasteiger partial charge on any atom is -0.379 e. The van der Waals surface area contributed by atoms with Crippen LogP contribution < -0.4 is 5.32 Å². The second-order valence-corrected chi connectivity index (χ2v) is 10.1. The minimum absolute atomic E-state index is 0.0275. The van der Waals surface area contributed by atoms with Gasteiger partial charge in [-0.3, -0.25) is 14.7 Å². The van der Waals surface area contributed by atoms with Gasteiger partial charge in [0.05, 0.1) is 53.8 Å². The molecule has 0 bridgehead atoms. The molecule has 0 radical (unpaired) electrons. The van der Waals surface area contributed by atoms with E-state index in [9.17, 15) is 18.0 Å². The van der Waals surface area contributed by atoms with Crippen LogP contribution in [0.5, 0.6) is 0 Å². The number of aryl methyl sites for hydroxylation is 2. The van der Waals surface area contributed by atoms with Crippen molar-refractivity contribution in [3.05, 3.63) is 70.4 Å². The lowest BCUT2D eigenvalue weighted by molar-refractivity contribution is -0.138. The van der Waals surface area contributed by atoms with Crippen molar-refractivity contribution in [2.24, 2.45) is 0 Å². The van der Waals surface area contributed by atoms with Gasteiger partial charge < -0.3 is 10.1 Å².